The van der Waals surface area contributed by atoms with Crippen molar-refractivity contribution >= 4 is 35.0 Å². The van der Waals surface area contributed by atoms with Crippen molar-refractivity contribution in [2.24, 2.45) is 0 Å². The van der Waals surface area contributed by atoms with Gasteiger partial charge < -0.3 is 9.47 Å². The summed E-state index contributed by atoms with van der Waals surface area (Å²) in [5.74, 6) is 0.0643. The molecule has 0 bridgehead atoms. The molecule has 2 aromatic carbocycles. The monoisotopic (exact) mass is 416 g/mol. The first-order chi connectivity index (χ1) is 14.0. The Morgan fingerprint density at radius 1 is 1.24 bits per heavy atom. The molecule has 1 heterocycles. The summed E-state index contributed by atoms with van der Waals surface area (Å²) in [6.07, 6.45) is 0.421. The molecule has 152 valence electrons. The number of thioether (sulfide) groups is 1. The fourth-order valence-corrected chi connectivity index (χ4v) is 4.14. The third-order valence-electron chi connectivity index (χ3n) is 4.65. The molecule has 0 radical (unpaired) electrons. The minimum absolute atomic E-state index is 0.115. The van der Waals surface area contributed by atoms with Gasteiger partial charge >= 0.3 is 11.7 Å². The standard InChI is InChI=1S/C20H20N2O6S/c1-27-18-8-7-13(9-16(18)22(25)26)11-29-12-19(23)21-15-6-4-3-5-14(15)10-17(21)20(24)28-2/h3-9,17H,10-12H2,1-2H3. The summed E-state index contributed by atoms with van der Waals surface area (Å²) in [5, 5.41) is 11.1. The van der Waals surface area contributed by atoms with Crippen LogP contribution in [0, 0.1) is 10.1 Å². The maximum Gasteiger partial charge on any atom is 0.329 e. The number of methoxy groups -OCH3 is 2. The summed E-state index contributed by atoms with van der Waals surface area (Å²) >= 11 is 1.32. The molecule has 1 amide bonds. The van der Waals surface area contributed by atoms with Crippen LogP contribution >= 0.6 is 11.8 Å². The van der Waals surface area contributed by atoms with Crippen LogP contribution in [0.15, 0.2) is 42.5 Å². The number of amides is 1. The molecule has 29 heavy (non-hydrogen) atoms. The van der Waals surface area contributed by atoms with E-state index in [9.17, 15) is 19.7 Å². The summed E-state index contributed by atoms with van der Waals surface area (Å²) in [6.45, 7) is 0. The minimum Gasteiger partial charge on any atom is -0.490 e. The molecular formula is C20H20N2O6S. The number of nitrogens with zero attached hydrogens (tertiary/aromatic N) is 2. The molecule has 1 unspecified atom stereocenters. The van der Waals surface area contributed by atoms with Gasteiger partial charge in [0.2, 0.25) is 5.91 Å². The Balaban J connectivity index is 1.69. The molecular weight excluding hydrogens is 396 g/mol. The van der Waals surface area contributed by atoms with Crippen LogP contribution in [-0.2, 0) is 26.5 Å². The van der Waals surface area contributed by atoms with Crippen molar-refractivity contribution in [3.05, 3.63) is 63.7 Å². The highest BCUT2D eigenvalue weighted by molar-refractivity contribution is 7.99. The number of fused-ring (bicyclic) bond motifs is 1. The zero-order valence-corrected chi connectivity index (χ0v) is 16.8. The number of rotatable bonds is 7. The average Bonchev–Trinajstić information content (AvgIpc) is 3.12. The number of benzene rings is 2. The van der Waals surface area contributed by atoms with Gasteiger partial charge in [0.15, 0.2) is 5.75 Å². The van der Waals surface area contributed by atoms with Crippen LogP contribution in [0.5, 0.6) is 5.75 Å². The summed E-state index contributed by atoms with van der Waals surface area (Å²) in [7, 11) is 2.68. The number of ether oxygens (including phenoxy) is 2. The van der Waals surface area contributed by atoms with Crippen molar-refractivity contribution in [3.63, 3.8) is 0 Å². The second-order valence-corrected chi connectivity index (χ2v) is 7.38. The SMILES string of the molecule is COC(=O)C1Cc2ccccc2N1C(=O)CSCc1ccc(OC)c([N+](=O)[O-])c1. The fraction of sp³-hybridized carbons (Fsp3) is 0.300. The molecule has 9 heteroatoms. The van der Waals surface area contributed by atoms with Crippen molar-refractivity contribution in [1.29, 1.82) is 0 Å². The molecule has 3 rings (SSSR count). The van der Waals surface area contributed by atoms with E-state index in [1.54, 1.807) is 12.1 Å². The lowest BCUT2D eigenvalue weighted by atomic mass is 10.1. The van der Waals surface area contributed by atoms with E-state index in [0.29, 0.717) is 23.4 Å². The molecule has 2 aromatic rings. The van der Waals surface area contributed by atoms with E-state index in [1.165, 1.54) is 36.9 Å². The van der Waals surface area contributed by atoms with Gasteiger partial charge in [0.1, 0.15) is 6.04 Å². The predicted molar refractivity (Wildman–Crippen MR) is 109 cm³/mol. The van der Waals surface area contributed by atoms with Crippen molar-refractivity contribution in [3.8, 4) is 5.75 Å². The van der Waals surface area contributed by atoms with Gasteiger partial charge in [-0.3, -0.25) is 19.8 Å². The van der Waals surface area contributed by atoms with Crippen LogP contribution in [0.4, 0.5) is 11.4 Å². The summed E-state index contributed by atoms with van der Waals surface area (Å²) in [5.41, 5.74) is 2.23. The summed E-state index contributed by atoms with van der Waals surface area (Å²) < 4.78 is 9.86. The first-order valence-electron chi connectivity index (χ1n) is 8.83. The first-order valence-corrected chi connectivity index (χ1v) is 9.98. The van der Waals surface area contributed by atoms with Gasteiger partial charge in [-0.1, -0.05) is 24.3 Å². The van der Waals surface area contributed by atoms with Crippen molar-refractivity contribution in [2.45, 2.75) is 18.2 Å². The molecule has 0 spiro atoms. The number of para-hydroxylation sites is 1. The summed E-state index contributed by atoms with van der Waals surface area (Å²) in [6, 6.07) is 11.4. The molecule has 1 atom stereocenters. The first kappa shape index (κ1) is 20.7. The van der Waals surface area contributed by atoms with E-state index < -0.39 is 16.9 Å². The second-order valence-electron chi connectivity index (χ2n) is 6.39. The number of hydrogen-bond acceptors (Lipinski definition) is 7. The van der Waals surface area contributed by atoms with Gasteiger partial charge in [-0.2, -0.15) is 0 Å². The molecule has 1 aliphatic rings. The molecule has 0 saturated heterocycles. The van der Waals surface area contributed by atoms with E-state index in [2.05, 4.69) is 0 Å². The molecule has 0 aromatic heterocycles. The van der Waals surface area contributed by atoms with Crippen LogP contribution in [-0.4, -0.2) is 42.8 Å². The van der Waals surface area contributed by atoms with E-state index in [-0.39, 0.29) is 23.1 Å². The van der Waals surface area contributed by atoms with Gasteiger partial charge in [0.25, 0.3) is 0 Å². The molecule has 0 fully saturated rings. The maximum atomic E-state index is 12.9. The van der Waals surface area contributed by atoms with Crippen LogP contribution in [0.25, 0.3) is 0 Å². The van der Waals surface area contributed by atoms with Gasteiger partial charge in [0, 0.05) is 23.9 Å². The Kier molecular flexibility index (Phi) is 6.38. The van der Waals surface area contributed by atoms with Crippen molar-refractivity contribution < 1.29 is 24.0 Å². The largest absolute Gasteiger partial charge is 0.490 e. The highest BCUT2D eigenvalue weighted by atomic mass is 32.2. The lowest BCUT2D eigenvalue weighted by Gasteiger charge is -2.23. The van der Waals surface area contributed by atoms with E-state index in [1.807, 2.05) is 24.3 Å². The smallest absolute Gasteiger partial charge is 0.329 e. The molecule has 0 N–H and O–H groups in total. The number of nitro benzene ring substituents is 1. The second kappa shape index (κ2) is 8.95. The van der Waals surface area contributed by atoms with Crippen molar-refractivity contribution in [1.82, 2.24) is 0 Å². The maximum absolute atomic E-state index is 12.9. The Bertz CT molecular complexity index is 948. The number of carbonyl (C=O) groups excluding carboxylic acids is 2. The van der Waals surface area contributed by atoms with E-state index in [4.69, 9.17) is 9.47 Å². The van der Waals surface area contributed by atoms with Crippen LogP contribution in [0.3, 0.4) is 0 Å². The van der Waals surface area contributed by atoms with Gasteiger partial charge in [-0.05, 0) is 23.3 Å². The Hall–Kier alpha value is -3.07. The van der Waals surface area contributed by atoms with Crippen LogP contribution in [0.1, 0.15) is 11.1 Å². The lowest BCUT2D eigenvalue weighted by Crippen LogP contribution is -2.44. The van der Waals surface area contributed by atoms with E-state index in [0.717, 1.165) is 5.56 Å². The molecule has 8 nitrogen and oxygen atoms in total. The highest BCUT2D eigenvalue weighted by Crippen LogP contribution is 2.34. The van der Waals surface area contributed by atoms with Gasteiger partial charge in [-0.25, -0.2) is 4.79 Å². The number of nitro groups is 1. The van der Waals surface area contributed by atoms with Crippen molar-refractivity contribution in [2.75, 3.05) is 24.9 Å². The van der Waals surface area contributed by atoms with Crippen LogP contribution < -0.4 is 9.64 Å². The Morgan fingerprint density at radius 3 is 2.69 bits per heavy atom. The molecule has 0 aliphatic carbocycles. The summed E-state index contributed by atoms with van der Waals surface area (Å²) in [4.78, 5) is 37.2. The molecule has 1 aliphatic heterocycles. The average molecular weight is 416 g/mol. The van der Waals surface area contributed by atoms with Gasteiger partial charge in [-0.15, -0.1) is 11.8 Å². The van der Waals surface area contributed by atoms with Gasteiger partial charge in [0.05, 0.1) is 24.9 Å². The third-order valence-corrected chi connectivity index (χ3v) is 5.64. The Morgan fingerprint density at radius 2 is 2.00 bits per heavy atom. The fourth-order valence-electron chi connectivity index (χ4n) is 3.31. The number of esters is 1. The predicted octanol–water partition coefficient (Wildman–Crippen LogP) is 2.97. The number of anilines is 1. The number of carbonyl (C=O) groups is 2. The highest BCUT2D eigenvalue weighted by Gasteiger charge is 2.38. The molecule has 0 saturated carbocycles. The number of hydrogen-bond donors (Lipinski definition) is 0. The Labute approximate surface area is 171 Å². The quantitative estimate of drug-likeness (QED) is 0.389. The topological polar surface area (TPSA) is 99.0 Å². The lowest BCUT2D eigenvalue weighted by molar-refractivity contribution is -0.385. The minimum atomic E-state index is -0.674. The van der Waals surface area contributed by atoms with E-state index >= 15 is 0 Å². The van der Waals surface area contributed by atoms with Crippen LogP contribution in [0.2, 0.25) is 0 Å². The normalized spacial score (nSPS) is 15.0. The zero-order chi connectivity index (χ0) is 21.0. The zero-order valence-electron chi connectivity index (χ0n) is 16.0. The third kappa shape index (κ3) is 4.34.